The summed E-state index contributed by atoms with van der Waals surface area (Å²) in [6.45, 7) is 15.3. The van der Waals surface area contributed by atoms with Crippen LogP contribution in [-0.2, 0) is 4.79 Å². The number of amides is 2. The fraction of sp³-hybridized carbons (Fsp3) is 0.632. The number of nitrogens with zero attached hydrogens (tertiary/aromatic N) is 1. The predicted molar refractivity (Wildman–Crippen MR) is 103 cm³/mol. The number of rotatable bonds is 8. The molecule has 0 aliphatic heterocycles. The first-order valence-corrected chi connectivity index (χ1v) is 9.16. The van der Waals surface area contributed by atoms with Crippen molar-refractivity contribution in [2.45, 2.75) is 54.9 Å². The average Bonchev–Trinajstić information content (AvgIpc) is 2.66. The first kappa shape index (κ1) is 25.1. The molecule has 0 aliphatic rings. The Hall–Kier alpha value is -2.11. The first-order chi connectivity index (χ1) is 12.0. The van der Waals surface area contributed by atoms with Crippen LogP contribution in [-0.4, -0.2) is 36.5 Å². The van der Waals surface area contributed by atoms with E-state index in [4.69, 9.17) is 4.74 Å². The topological polar surface area (TPSA) is 80.3 Å². The van der Waals surface area contributed by atoms with E-state index in [0.717, 1.165) is 0 Å². The van der Waals surface area contributed by atoms with Gasteiger partial charge in [0.15, 0.2) is 0 Å². The van der Waals surface area contributed by atoms with Gasteiger partial charge in [-0.15, -0.1) is 0 Å². The van der Waals surface area contributed by atoms with Crippen LogP contribution in [0.3, 0.4) is 0 Å². The van der Waals surface area contributed by atoms with Crippen molar-refractivity contribution >= 4 is 11.8 Å². The number of pyridine rings is 1. The normalized spacial score (nSPS) is 9.12. The van der Waals surface area contributed by atoms with Crippen molar-refractivity contribution in [2.24, 2.45) is 5.92 Å². The molecule has 0 radical (unpaired) electrons. The molecule has 1 rings (SSSR count). The standard InChI is InChI=1S/C15H23N3O3.2C2H6/c1-4-13(19)16-7-8-17-15(20)12-5-6-14(18-9-12)21-10-11(2)3;2*1-2/h5-6,9,11H,4,7-8,10H2,1-3H3,(H,16,19)(H,17,20);2*1-2H3. The molecule has 144 valence electrons. The minimum Gasteiger partial charge on any atom is -0.477 e. The van der Waals surface area contributed by atoms with Gasteiger partial charge in [-0.05, 0) is 12.0 Å². The zero-order valence-corrected chi connectivity index (χ0v) is 16.8. The summed E-state index contributed by atoms with van der Waals surface area (Å²) in [7, 11) is 0. The molecule has 0 atom stereocenters. The van der Waals surface area contributed by atoms with Gasteiger partial charge in [-0.2, -0.15) is 0 Å². The van der Waals surface area contributed by atoms with Crippen LogP contribution in [0.1, 0.15) is 65.2 Å². The number of hydrogen-bond donors (Lipinski definition) is 2. The molecule has 0 fully saturated rings. The van der Waals surface area contributed by atoms with Gasteiger partial charge in [-0.25, -0.2) is 4.98 Å². The zero-order chi connectivity index (χ0) is 19.7. The summed E-state index contributed by atoms with van der Waals surface area (Å²) >= 11 is 0. The molecule has 25 heavy (non-hydrogen) atoms. The lowest BCUT2D eigenvalue weighted by atomic mass is 10.2. The van der Waals surface area contributed by atoms with Crippen LogP contribution in [0, 0.1) is 5.92 Å². The van der Waals surface area contributed by atoms with Crippen molar-refractivity contribution in [1.82, 2.24) is 15.6 Å². The average molecular weight is 354 g/mol. The van der Waals surface area contributed by atoms with Crippen molar-refractivity contribution in [1.29, 1.82) is 0 Å². The number of aromatic nitrogens is 1. The lowest BCUT2D eigenvalue weighted by Gasteiger charge is -2.09. The molecule has 6 nitrogen and oxygen atoms in total. The van der Waals surface area contributed by atoms with E-state index in [1.807, 2.05) is 27.7 Å². The number of nitrogens with one attached hydrogen (secondary N) is 2. The summed E-state index contributed by atoms with van der Waals surface area (Å²) in [4.78, 5) is 26.9. The number of carbonyl (C=O) groups excluding carboxylic acids is 2. The van der Waals surface area contributed by atoms with Crippen molar-refractivity contribution in [3.05, 3.63) is 23.9 Å². The number of carbonyl (C=O) groups is 2. The Morgan fingerprint density at radius 2 is 1.68 bits per heavy atom. The van der Waals surface area contributed by atoms with E-state index in [1.165, 1.54) is 6.20 Å². The summed E-state index contributed by atoms with van der Waals surface area (Å²) in [5.74, 6) is 0.685. The summed E-state index contributed by atoms with van der Waals surface area (Å²) in [5, 5.41) is 5.40. The van der Waals surface area contributed by atoms with Crippen LogP contribution >= 0.6 is 0 Å². The van der Waals surface area contributed by atoms with E-state index in [-0.39, 0.29) is 11.8 Å². The van der Waals surface area contributed by atoms with Gasteiger partial charge in [0.1, 0.15) is 0 Å². The summed E-state index contributed by atoms with van der Waals surface area (Å²) in [6.07, 6.45) is 1.92. The Balaban J connectivity index is 0. The third-order valence-corrected chi connectivity index (χ3v) is 2.62. The van der Waals surface area contributed by atoms with E-state index in [0.29, 0.717) is 43.5 Å². The summed E-state index contributed by atoms with van der Waals surface area (Å²) < 4.78 is 5.45. The molecule has 0 bridgehead atoms. The third-order valence-electron chi connectivity index (χ3n) is 2.62. The SMILES string of the molecule is CC.CC.CCC(=O)NCCNC(=O)c1ccc(OCC(C)C)nc1. The van der Waals surface area contributed by atoms with Crippen molar-refractivity contribution < 1.29 is 14.3 Å². The lowest BCUT2D eigenvalue weighted by molar-refractivity contribution is -0.120. The van der Waals surface area contributed by atoms with E-state index >= 15 is 0 Å². The number of hydrogen-bond acceptors (Lipinski definition) is 4. The monoisotopic (exact) mass is 353 g/mol. The summed E-state index contributed by atoms with van der Waals surface area (Å²) in [6, 6.07) is 3.35. The largest absolute Gasteiger partial charge is 0.477 e. The molecule has 0 aromatic carbocycles. The zero-order valence-electron chi connectivity index (χ0n) is 16.8. The minimum absolute atomic E-state index is 0.0300. The molecule has 0 unspecified atom stereocenters. The minimum atomic E-state index is -0.219. The molecule has 1 aromatic rings. The van der Waals surface area contributed by atoms with E-state index < -0.39 is 0 Å². The third kappa shape index (κ3) is 12.9. The Kier molecular flexibility index (Phi) is 16.8. The molecule has 2 N–H and O–H groups in total. The molecule has 0 aliphatic carbocycles. The maximum Gasteiger partial charge on any atom is 0.252 e. The molecule has 1 aromatic heterocycles. The highest BCUT2D eigenvalue weighted by Gasteiger charge is 2.06. The van der Waals surface area contributed by atoms with Gasteiger partial charge in [0.25, 0.3) is 5.91 Å². The van der Waals surface area contributed by atoms with Gasteiger partial charge in [-0.3, -0.25) is 9.59 Å². The molecular formula is C19H35N3O3. The molecule has 1 heterocycles. The van der Waals surface area contributed by atoms with Crippen LogP contribution in [0.15, 0.2) is 18.3 Å². The highest BCUT2D eigenvalue weighted by atomic mass is 16.5. The fourth-order valence-electron chi connectivity index (χ4n) is 1.46. The Labute approximate surface area is 152 Å². The maximum absolute atomic E-state index is 11.8. The van der Waals surface area contributed by atoms with Crippen LogP contribution in [0.4, 0.5) is 0 Å². The number of ether oxygens (including phenoxy) is 1. The van der Waals surface area contributed by atoms with Gasteiger partial charge in [0.2, 0.25) is 11.8 Å². The van der Waals surface area contributed by atoms with Crippen LogP contribution in [0.25, 0.3) is 0 Å². The molecule has 2 amide bonds. The van der Waals surface area contributed by atoms with Gasteiger partial charge in [0.05, 0.1) is 12.2 Å². The van der Waals surface area contributed by atoms with Gasteiger partial charge < -0.3 is 15.4 Å². The van der Waals surface area contributed by atoms with E-state index in [2.05, 4.69) is 29.5 Å². The highest BCUT2D eigenvalue weighted by molar-refractivity contribution is 5.93. The van der Waals surface area contributed by atoms with Crippen LogP contribution in [0.5, 0.6) is 5.88 Å². The highest BCUT2D eigenvalue weighted by Crippen LogP contribution is 2.08. The second-order valence-corrected chi connectivity index (χ2v) is 5.05. The van der Waals surface area contributed by atoms with Crippen LogP contribution < -0.4 is 15.4 Å². The van der Waals surface area contributed by atoms with Gasteiger partial charge in [-0.1, -0.05) is 48.5 Å². The quantitative estimate of drug-likeness (QED) is 0.702. The van der Waals surface area contributed by atoms with Crippen molar-refractivity contribution in [2.75, 3.05) is 19.7 Å². The van der Waals surface area contributed by atoms with E-state index in [9.17, 15) is 9.59 Å². The lowest BCUT2D eigenvalue weighted by Crippen LogP contribution is -2.34. The molecule has 0 saturated heterocycles. The maximum atomic E-state index is 11.8. The Morgan fingerprint density at radius 1 is 1.08 bits per heavy atom. The second kappa shape index (κ2) is 16.7. The smallest absolute Gasteiger partial charge is 0.252 e. The van der Waals surface area contributed by atoms with Gasteiger partial charge >= 0.3 is 0 Å². The Morgan fingerprint density at radius 3 is 2.16 bits per heavy atom. The van der Waals surface area contributed by atoms with Crippen molar-refractivity contribution in [3.63, 3.8) is 0 Å². The predicted octanol–water partition coefficient (Wildman–Crippen LogP) is 3.42. The second-order valence-electron chi connectivity index (χ2n) is 5.05. The first-order valence-electron chi connectivity index (χ1n) is 9.16. The Bertz CT molecular complexity index is 459. The molecular weight excluding hydrogens is 318 g/mol. The van der Waals surface area contributed by atoms with E-state index in [1.54, 1.807) is 19.1 Å². The van der Waals surface area contributed by atoms with Crippen LogP contribution in [0.2, 0.25) is 0 Å². The van der Waals surface area contributed by atoms with Gasteiger partial charge in [0, 0.05) is 31.8 Å². The van der Waals surface area contributed by atoms with Crippen molar-refractivity contribution in [3.8, 4) is 5.88 Å². The molecule has 6 heteroatoms. The summed E-state index contributed by atoms with van der Waals surface area (Å²) in [5.41, 5.74) is 0.466. The fourth-order valence-corrected chi connectivity index (χ4v) is 1.46. The molecule has 0 saturated carbocycles. The molecule has 0 spiro atoms.